The minimum absolute atomic E-state index is 0.445. The molecular weight excluding hydrogens is 202 g/mol. The summed E-state index contributed by atoms with van der Waals surface area (Å²) in [6.07, 6.45) is 1.53. The van der Waals surface area contributed by atoms with E-state index in [2.05, 4.69) is 29.1 Å². The van der Waals surface area contributed by atoms with Gasteiger partial charge >= 0.3 is 0 Å². The fourth-order valence-corrected chi connectivity index (χ4v) is 1.46. The fraction of sp³-hybridized carbons (Fsp3) is 0.333. The molecule has 0 fully saturated rings. The summed E-state index contributed by atoms with van der Waals surface area (Å²) >= 11 is 0. The van der Waals surface area contributed by atoms with Crippen LogP contribution in [0.1, 0.15) is 17.0 Å². The maximum Gasteiger partial charge on any atom is 0.164 e. The first kappa shape index (κ1) is 10.7. The molecule has 0 aliphatic rings. The minimum Gasteiger partial charge on any atom is -0.485 e. The van der Waals surface area contributed by atoms with E-state index in [4.69, 9.17) is 4.74 Å². The van der Waals surface area contributed by atoms with Gasteiger partial charge in [0, 0.05) is 7.05 Å². The molecule has 2 rings (SSSR count). The summed E-state index contributed by atoms with van der Waals surface area (Å²) in [6, 6.07) is 6.16. The summed E-state index contributed by atoms with van der Waals surface area (Å²) in [5, 5.41) is 3.99. The van der Waals surface area contributed by atoms with Crippen molar-refractivity contribution in [2.75, 3.05) is 0 Å². The molecule has 0 aliphatic carbocycles. The van der Waals surface area contributed by atoms with Gasteiger partial charge in [0.2, 0.25) is 0 Å². The normalized spacial score (nSPS) is 10.4. The number of ether oxygens (including phenoxy) is 1. The molecule has 0 atom stereocenters. The van der Waals surface area contributed by atoms with Crippen LogP contribution in [0.4, 0.5) is 0 Å². The Balaban J connectivity index is 2.10. The molecule has 2 aromatic rings. The molecule has 4 nitrogen and oxygen atoms in total. The highest BCUT2D eigenvalue weighted by Gasteiger charge is 2.04. The molecular formula is C12H15N3O. The molecule has 4 heteroatoms. The van der Waals surface area contributed by atoms with E-state index in [1.807, 2.05) is 20.0 Å². The quantitative estimate of drug-likeness (QED) is 0.789. The molecule has 84 valence electrons. The summed E-state index contributed by atoms with van der Waals surface area (Å²) < 4.78 is 7.43. The van der Waals surface area contributed by atoms with Crippen molar-refractivity contribution in [3.05, 3.63) is 41.5 Å². The maximum absolute atomic E-state index is 5.72. The van der Waals surface area contributed by atoms with Crippen LogP contribution in [-0.4, -0.2) is 14.8 Å². The Labute approximate surface area is 94.9 Å². The van der Waals surface area contributed by atoms with Crippen molar-refractivity contribution >= 4 is 0 Å². The first-order valence-corrected chi connectivity index (χ1v) is 5.20. The van der Waals surface area contributed by atoms with E-state index in [0.717, 1.165) is 17.1 Å². The number of hydrogen-bond donors (Lipinski definition) is 0. The van der Waals surface area contributed by atoms with E-state index >= 15 is 0 Å². The predicted octanol–water partition coefficient (Wildman–Crippen LogP) is 2.01. The van der Waals surface area contributed by atoms with Gasteiger partial charge in [0.15, 0.2) is 5.82 Å². The lowest BCUT2D eigenvalue weighted by molar-refractivity contribution is 0.287. The minimum atomic E-state index is 0.445. The topological polar surface area (TPSA) is 39.9 Å². The molecule has 0 aliphatic heterocycles. The van der Waals surface area contributed by atoms with E-state index in [1.165, 1.54) is 11.9 Å². The monoisotopic (exact) mass is 217 g/mol. The third-order valence-electron chi connectivity index (χ3n) is 2.51. The van der Waals surface area contributed by atoms with Crippen LogP contribution >= 0.6 is 0 Å². The Morgan fingerprint density at radius 1 is 1.31 bits per heavy atom. The van der Waals surface area contributed by atoms with Crippen LogP contribution in [0.15, 0.2) is 24.5 Å². The van der Waals surface area contributed by atoms with Gasteiger partial charge in [-0.05, 0) is 31.0 Å². The van der Waals surface area contributed by atoms with Crippen LogP contribution in [0.5, 0.6) is 5.75 Å². The molecule has 0 saturated carbocycles. The van der Waals surface area contributed by atoms with Gasteiger partial charge in [-0.15, -0.1) is 0 Å². The average Bonchev–Trinajstić information content (AvgIpc) is 2.66. The van der Waals surface area contributed by atoms with Crippen molar-refractivity contribution in [3.63, 3.8) is 0 Å². The second kappa shape index (κ2) is 4.35. The van der Waals surface area contributed by atoms with Crippen molar-refractivity contribution in [1.82, 2.24) is 14.8 Å². The second-order valence-electron chi connectivity index (χ2n) is 3.86. The SMILES string of the molecule is Cc1ccc(C)c(OCc2ncnn2C)c1. The number of nitrogens with zero attached hydrogens (tertiary/aromatic N) is 3. The lowest BCUT2D eigenvalue weighted by atomic mass is 10.1. The Bertz CT molecular complexity index is 491. The van der Waals surface area contributed by atoms with Gasteiger partial charge in [-0.25, -0.2) is 4.98 Å². The Morgan fingerprint density at radius 2 is 2.12 bits per heavy atom. The highest BCUT2D eigenvalue weighted by atomic mass is 16.5. The van der Waals surface area contributed by atoms with E-state index in [-0.39, 0.29) is 0 Å². The Hall–Kier alpha value is -1.84. The number of aryl methyl sites for hydroxylation is 3. The largest absolute Gasteiger partial charge is 0.485 e. The summed E-state index contributed by atoms with van der Waals surface area (Å²) in [5.74, 6) is 1.73. The molecule has 0 bridgehead atoms. The highest BCUT2D eigenvalue weighted by Crippen LogP contribution is 2.19. The average molecular weight is 217 g/mol. The smallest absolute Gasteiger partial charge is 0.164 e. The molecule has 16 heavy (non-hydrogen) atoms. The zero-order valence-electron chi connectivity index (χ0n) is 9.77. The van der Waals surface area contributed by atoms with Crippen molar-refractivity contribution in [2.45, 2.75) is 20.5 Å². The Kier molecular flexibility index (Phi) is 2.90. The van der Waals surface area contributed by atoms with E-state index in [0.29, 0.717) is 6.61 Å². The first-order chi connectivity index (χ1) is 7.66. The number of benzene rings is 1. The highest BCUT2D eigenvalue weighted by molar-refractivity contribution is 5.35. The predicted molar refractivity (Wildman–Crippen MR) is 61.3 cm³/mol. The summed E-state index contributed by atoms with van der Waals surface area (Å²) in [5.41, 5.74) is 2.33. The molecule has 1 heterocycles. The van der Waals surface area contributed by atoms with Gasteiger partial charge in [0.1, 0.15) is 18.7 Å². The summed E-state index contributed by atoms with van der Waals surface area (Å²) in [7, 11) is 1.86. The van der Waals surface area contributed by atoms with Gasteiger partial charge in [-0.1, -0.05) is 12.1 Å². The van der Waals surface area contributed by atoms with Crippen LogP contribution in [-0.2, 0) is 13.7 Å². The van der Waals surface area contributed by atoms with Crippen LogP contribution in [0.3, 0.4) is 0 Å². The van der Waals surface area contributed by atoms with Gasteiger partial charge in [0.25, 0.3) is 0 Å². The molecule has 0 unspecified atom stereocenters. The fourth-order valence-electron chi connectivity index (χ4n) is 1.46. The third-order valence-corrected chi connectivity index (χ3v) is 2.51. The van der Waals surface area contributed by atoms with Crippen molar-refractivity contribution in [2.24, 2.45) is 7.05 Å². The number of aromatic nitrogens is 3. The standard InChI is InChI=1S/C12H15N3O/c1-9-4-5-10(2)11(6-9)16-7-12-13-8-14-15(12)3/h4-6,8H,7H2,1-3H3. The van der Waals surface area contributed by atoms with Crippen molar-refractivity contribution in [3.8, 4) is 5.75 Å². The van der Waals surface area contributed by atoms with Crippen LogP contribution < -0.4 is 4.74 Å². The zero-order valence-corrected chi connectivity index (χ0v) is 9.77. The lowest BCUT2D eigenvalue weighted by Gasteiger charge is -2.09. The lowest BCUT2D eigenvalue weighted by Crippen LogP contribution is -2.05. The van der Waals surface area contributed by atoms with Gasteiger partial charge in [-0.3, -0.25) is 4.68 Å². The zero-order chi connectivity index (χ0) is 11.5. The molecule has 0 N–H and O–H groups in total. The van der Waals surface area contributed by atoms with E-state index in [9.17, 15) is 0 Å². The van der Waals surface area contributed by atoms with Gasteiger partial charge < -0.3 is 4.74 Å². The van der Waals surface area contributed by atoms with E-state index in [1.54, 1.807) is 4.68 Å². The maximum atomic E-state index is 5.72. The first-order valence-electron chi connectivity index (χ1n) is 5.20. The number of rotatable bonds is 3. The third kappa shape index (κ3) is 2.21. The van der Waals surface area contributed by atoms with Crippen molar-refractivity contribution < 1.29 is 4.74 Å². The molecule has 1 aromatic heterocycles. The molecule has 1 aromatic carbocycles. The number of hydrogen-bond acceptors (Lipinski definition) is 3. The van der Waals surface area contributed by atoms with Gasteiger partial charge in [0.05, 0.1) is 0 Å². The molecule has 0 spiro atoms. The van der Waals surface area contributed by atoms with Crippen molar-refractivity contribution in [1.29, 1.82) is 0 Å². The van der Waals surface area contributed by atoms with E-state index < -0.39 is 0 Å². The molecule has 0 saturated heterocycles. The van der Waals surface area contributed by atoms with Gasteiger partial charge in [-0.2, -0.15) is 5.10 Å². The van der Waals surface area contributed by atoms with Crippen LogP contribution in [0.25, 0.3) is 0 Å². The van der Waals surface area contributed by atoms with Crippen LogP contribution in [0, 0.1) is 13.8 Å². The molecule has 0 radical (unpaired) electrons. The Morgan fingerprint density at radius 3 is 2.81 bits per heavy atom. The molecule has 0 amide bonds. The summed E-state index contributed by atoms with van der Waals surface area (Å²) in [4.78, 5) is 4.11. The summed E-state index contributed by atoms with van der Waals surface area (Å²) in [6.45, 7) is 4.53. The van der Waals surface area contributed by atoms with Crippen LogP contribution in [0.2, 0.25) is 0 Å². The second-order valence-corrected chi connectivity index (χ2v) is 3.86.